The van der Waals surface area contributed by atoms with Crippen LogP contribution >= 0.6 is 28.3 Å². The van der Waals surface area contributed by atoms with E-state index in [0.717, 1.165) is 48.0 Å². The van der Waals surface area contributed by atoms with Crippen molar-refractivity contribution in [3.05, 3.63) is 123 Å². The first-order valence-electron chi connectivity index (χ1n) is 19.1. The van der Waals surface area contributed by atoms with Crippen molar-refractivity contribution in [3.63, 3.8) is 0 Å². The maximum absolute atomic E-state index is 12.7. The fraction of sp³-hybridized carbons (Fsp3) is 0.368. The molecule has 2 saturated heterocycles. The molecule has 10 heterocycles. The first kappa shape index (κ1) is 39.3. The van der Waals surface area contributed by atoms with Gasteiger partial charge in [-0.05, 0) is 77.0 Å². The summed E-state index contributed by atoms with van der Waals surface area (Å²) in [5.74, 6) is 5.43. The van der Waals surface area contributed by atoms with Crippen LogP contribution in [0.4, 0.5) is 5.69 Å². The molecule has 8 aromatic rings. The van der Waals surface area contributed by atoms with Gasteiger partial charge in [-0.1, -0.05) is 10.3 Å². The Kier molecular flexibility index (Phi) is 10.5. The maximum atomic E-state index is 12.7. The molecule has 0 spiro atoms. The van der Waals surface area contributed by atoms with E-state index in [-0.39, 0.29) is 36.6 Å². The third kappa shape index (κ3) is 7.47. The van der Waals surface area contributed by atoms with Crippen LogP contribution in [0.25, 0.3) is 22.3 Å². The first-order chi connectivity index (χ1) is 28.8. The van der Waals surface area contributed by atoms with Gasteiger partial charge in [-0.3, -0.25) is 28.7 Å². The fourth-order valence-electron chi connectivity index (χ4n) is 8.40. The van der Waals surface area contributed by atoms with Gasteiger partial charge in [0.2, 0.25) is 11.8 Å². The van der Waals surface area contributed by atoms with Crippen molar-refractivity contribution in [3.8, 4) is 0 Å². The zero-order valence-electron chi connectivity index (χ0n) is 32.3. The Labute approximate surface area is 354 Å². The van der Waals surface area contributed by atoms with Crippen molar-refractivity contribution in [1.82, 2.24) is 73.8 Å². The molecule has 8 aromatic heterocycles. The highest BCUT2D eigenvalue weighted by molar-refractivity contribution is 9.10. The van der Waals surface area contributed by atoms with Crippen LogP contribution in [-0.2, 0) is 27.2 Å². The molecule has 0 amide bonds. The largest absolute Gasteiger partial charge is 0.370 e. The van der Waals surface area contributed by atoms with Crippen LogP contribution < -0.4 is 21.3 Å². The Morgan fingerprint density at radius 3 is 1.67 bits per heavy atom. The molecule has 0 aromatic carbocycles. The lowest BCUT2D eigenvalue weighted by Gasteiger charge is -2.20. The highest BCUT2D eigenvalue weighted by atomic mass is 79.9. The van der Waals surface area contributed by atoms with Crippen LogP contribution in [0, 0.1) is 23.7 Å². The van der Waals surface area contributed by atoms with Crippen molar-refractivity contribution in [2.45, 2.75) is 24.9 Å². The minimum absolute atomic E-state index is 0. The number of aryl methyl sites for hydroxylation is 2. The molecule has 308 valence electrons. The number of fused-ring (bicyclic) bond motifs is 4. The lowest BCUT2D eigenvalue weighted by Crippen LogP contribution is -2.24. The Morgan fingerprint density at radius 1 is 0.700 bits per heavy atom. The number of piperidine rings is 2. The Morgan fingerprint density at radius 2 is 1.20 bits per heavy atom. The van der Waals surface area contributed by atoms with Crippen LogP contribution in [-0.4, -0.2) is 94.6 Å². The number of rotatable bonds is 7. The van der Waals surface area contributed by atoms with Gasteiger partial charge in [0.15, 0.2) is 34.0 Å². The lowest BCUT2D eigenvalue weighted by atomic mass is 10.2. The molecule has 4 fully saturated rings. The first-order valence-corrected chi connectivity index (χ1v) is 19.9. The summed E-state index contributed by atoms with van der Waals surface area (Å²) in [4.78, 5) is 61.2. The lowest BCUT2D eigenvalue weighted by molar-refractivity contribution is 0.363. The SMILES string of the molecule is Brc1cccnc1.Cl.Cn1cnc2ncn(Cc3nc(C4[C@H]5CN(c6cccnc6)C[C@@H]45)no3)c(=O)c21.Cn1cnc2ncn(Cc3nc(C4[C@H]5CNC[C@@H]45)no3)c(=O)c21. The van der Waals surface area contributed by atoms with Crippen molar-refractivity contribution < 1.29 is 9.05 Å². The van der Waals surface area contributed by atoms with Crippen LogP contribution in [0.5, 0.6) is 0 Å². The van der Waals surface area contributed by atoms with E-state index in [1.54, 1.807) is 54.5 Å². The third-order valence-electron chi connectivity index (χ3n) is 11.5. The van der Waals surface area contributed by atoms with Gasteiger partial charge in [-0.25, -0.2) is 19.9 Å². The predicted octanol–water partition coefficient (Wildman–Crippen LogP) is 2.57. The zero-order chi connectivity index (χ0) is 40.2. The molecule has 2 saturated carbocycles. The monoisotopic (exact) mass is 896 g/mol. The number of pyridine rings is 2. The normalized spacial score (nSPS) is 22.0. The van der Waals surface area contributed by atoms with Gasteiger partial charge in [0.1, 0.15) is 25.7 Å². The van der Waals surface area contributed by atoms with Gasteiger partial charge < -0.3 is 28.4 Å². The number of aromatic nitrogens is 14. The van der Waals surface area contributed by atoms with Gasteiger partial charge >= 0.3 is 0 Å². The molecule has 0 radical (unpaired) electrons. The molecule has 60 heavy (non-hydrogen) atoms. The summed E-state index contributed by atoms with van der Waals surface area (Å²) in [5.41, 5.74) is 2.62. The van der Waals surface area contributed by atoms with E-state index in [1.807, 2.05) is 24.4 Å². The van der Waals surface area contributed by atoms with Crippen LogP contribution in [0.1, 0.15) is 35.3 Å². The van der Waals surface area contributed by atoms with E-state index in [9.17, 15) is 9.59 Å². The molecule has 4 aliphatic rings. The summed E-state index contributed by atoms with van der Waals surface area (Å²) >= 11 is 3.25. The second-order valence-corrected chi connectivity index (χ2v) is 16.1. The average molecular weight is 898 g/mol. The van der Waals surface area contributed by atoms with E-state index in [2.05, 4.69) is 82.4 Å². The van der Waals surface area contributed by atoms with Gasteiger partial charge in [0, 0.05) is 62.1 Å². The van der Waals surface area contributed by atoms with Gasteiger partial charge in [-0.2, -0.15) is 9.97 Å². The number of anilines is 1. The smallest absolute Gasteiger partial charge is 0.280 e. The molecule has 12 rings (SSSR count). The summed E-state index contributed by atoms with van der Waals surface area (Å²) in [6.07, 6.45) is 13.3. The molecule has 20 nitrogen and oxygen atoms in total. The second-order valence-electron chi connectivity index (χ2n) is 15.2. The molecule has 1 N–H and O–H groups in total. The molecule has 2 unspecified atom stereocenters. The molecule has 0 bridgehead atoms. The minimum Gasteiger partial charge on any atom is -0.370 e. The van der Waals surface area contributed by atoms with E-state index in [0.29, 0.717) is 69.6 Å². The molecule has 22 heteroatoms. The van der Waals surface area contributed by atoms with Crippen molar-refractivity contribution in [2.24, 2.45) is 37.8 Å². The minimum atomic E-state index is -0.176. The summed E-state index contributed by atoms with van der Waals surface area (Å²) in [6, 6.07) is 7.86. The van der Waals surface area contributed by atoms with Crippen molar-refractivity contribution in [2.75, 3.05) is 31.1 Å². The number of imidazole rings is 2. The predicted molar refractivity (Wildman–Crippen MR) is 220 cm³/mol. The van der Waals surface area contributed by atoms with E-state index in [1.165, 1.54) is 21.8 Å². The average Bonchev–Trinajstić information content (AvgIpc) is 3.81. The summed E-state index contributed by atoms with van der Waals surface area (Å²) < 4.78 is 18.0. The Balaban J connectivity index is 0.000000133. The fourth-order valence-corrected chi connectivity index (χ4v) is 8.67. The van der Waals surface area contributed by atoms with Crippen LogP contribution in [0.2, 0.25) is 0 Å². The highest BCUT2D eigenvalue weighted by Gasteiger charge is 2.58. The van der Waals surface area contributed by atoms with Crippen LogP contribution in [0.15, 0.2) is 97.5 Å². The number of hydrogen-bond acceptors (Lipinski definition) is 16. The third-order valence-corrected chi connectivity index (χ3v) is 12.0. The summed E-state index contributed by atoms with van der Waals surface area (Å²) in [5, 5.41) is 11.6. The number of halogens is 2. The van der Waals surface area contributed by atoms with Gasteiger partial charge in [0.25, 0.3) is 11.1 Å². The van der Waals surface area contributed by atoms with Gasteiger partial charge in [-0.15, -0.1) is 12.4 Å². The van der Waals surface area contributed by atoms with E-state index < -0.39 is 0 Å². The number of nitrogens with one attached hydrogen (secondary N) is 1. The van der Waals surface area contributed by atoms with E-state index in [4.69, 9.17) is 9.05 Å². The maximum Gasteiger partial charge on any atom is 0.280 e. The number of hydrogen-bond donors (Lipinski definition) is 1. The second kappa shape index (κ2) is 16.1. The Bertz CT molecular complexity index is 2870. The summed E-state index contributed by atoms with van der Waals surface area (Å²) in [6.45, 7) is 4.43. The topological polar surface area (TPSA) is 224 Å². The highest BCUT2D eigenvalue weighted by Crippen LogP contribution is 2.58. The standard InChI is InChI=1S/C19H18N8O2.C14H15N7O2.C5H4BrN.ClH/c1-25-9-21-18-16(25)19(28)27(10-22-18)8-14-23-17(24-29-14)15-12-6-26(7-13(12)15)11-3-2-4-20-5-11;1-20-5-16-13-11(20)14(22)21(6-17-13)4-9-18-12(19-23-9)10-7-2-15-3-8(7)10;6-5-2-1-3-7-4-5;/h2-5,9-10,12-13,15H,6-8H2,1H3;5-8,10,15H,2-4H2,1H3;1-4H;1H/t12-,13+,15?;7-,8+,10?;;. The molecular weight excluding hydrogens is 860 g/mol. The number of nitrogens with zero attached hydrogens (tertiary/aromatic N) is 15. The molecule has 2 aliphatic heterocycles. The quantitative estimate of drug-likeness (QED) is 0.243. The Hall–Kier alpha value is -6.19. The summed E-state index contributed by atoms with van der Waals surface area (Å²) in [7, 11) is 3.54. The zero-order valence-corrected chi connectivity index (χ0v) is 34.7. The van der Waals surface area contributed by atoms with E-state index >= 15 is 0 Å². The van der Waals surface area contributed by atoms with Crippen molar-refractivity contribution >= 4 is 56.4 Å². The van der Waals surface area contributed by atoms with Crippen molar-refractivity contribution in [1.29, 1.82) is 0 Å². The van der Waals surface area contributed by atoms with Gasteiger partial charge in [0.05, 0.1) is 24.5 Å². The van der Waals surface area contributed by atoms with Crippen LogP contribution in [0.3, 0.4) is 0 Å². The molecule has 2 aliphatic carbocycles. The molecule has 6 atom stereocenters. The molecular formula is C38H38BrClN16O4.